The van der Waals surface area contributed by atoms with Crippen LogP contribution in [-0.2, 0) is 4.57 Å². The van der Waals surface area contributed by atoms with E-state index in [0.29, 0.717) is 5.75 Å². The molecule has 0 unspecified atom stereocenters. The number of hydrogen-bond acceptors (Lipinski definition) is 4. The second kappa shape index (κ2) is 5.17. The van der Waals surface area contributed by atoms with Crippen molar-refractivity contribution in [3.05, 3.63) is 22.9 Å². The first kappa shape index (κ1) is 15.5. The molecule has 0 saturated carbocycles. The summed E-state index contributed by atoms with van der Waals surface area (Å²) < 4.78 is 20.2. The largest absolute Gasteiger partial charge is 0.489 e. The molecule has 2 rings (SSSR count). The summed E-state index contributed by atoms with van der Waals surface area (Å²) in [5.41, 5.74) is -0.117. The molecule has 0 bridgehead atoms. The minimum atomic E-state index is -2.39. The van der Waals surface area contributed by atoms with E-state index in [1.54, 1.807) is 50.2 Å². The molecular weight excluding hydrogens is 343 g/mol. The fourth-order valence-electron chi connectivity index (χ4n) is 1.77. The zero-order chi connectivity index (χ0) is 15.1. The lowest BCUT2D eigenvalue weighted by atomic mass is 10.2. The van der Waals surface area contributed by atoms with Crippen molar-refractivity contribution in [2.45, 2.75) is 19.4 Å². The van der Waals surface area contributed by atoms with Crippen LogP contribution < -0.4 is 10.0 Å². The van der Waals surface area contributed by atoms with Gasteiger partial charge >= 0.3 is 0 Å². The smallest absolute Gasteiger partial charge is 0.138 e. The SMILES string of the molecule is CC(C)(O)COc1cc(Br)c2c(P(C)(C)=O)cnn2c1. The van der Waals surface area contributed by atoms with Crippen molar-refractivity contribution >= 4 is 33.9 Å². The lowest BCUT2D eigenvalue weighted by Crippen LogP contribution is -2.27. The summed E-state index contributed by atoms with van der Waals surface area (Å²) >= 11 is 3.47. The average molecular weight is 361 g/mol. The molecule has 2 aromatic rings. The van der Waals surface area contributed by atoms with Crippen LogP contribution >= 0.6 is 23.1 Å². The number of aromatic nitrogens is 2. The predicted octanol–water partition coefficient (Wildman–Crippen LogP) is 2.49. The van der Waals surface area contributed by atoms with E-state index in [4.69, 9.17) is 4.74 Å². The second-order valence-corrected chi connectivity index (χ2v) is 9.84. The van der Waals surface area contributed by atoms with Crippen LogP contribution in [0.5, 0.6) is 5.75 Å². The van der Waals surface area contributed by atoms with Crippen molar-refractivity contribution in [2.75, 3.05) is 19.9 Å². The molecule has 0 atom stereocenters. The molecule has 20 heavy (non-hydrogen) atoms. The highest BCUT2D eigenvalue weighted by Gasteiger charge is 2.20. The summed E-state index contributed by atoms with van der Waals surface area (Å²) in [4.78, 5) is 0. The number of halogens is 1. The molecule has 0 aromatic carbocycles. The van der Waals surface area contributed by atoms with Gasteiger partial charge in [-0.1, -0.05) is 0 Å². The Kier molecular flexibility index (Phi) is 4.02. The van der Waals surface area contributed by atoms with E-state index in [9.17, 15) is 9.67 Å². The fourth-order valence-corrected chi connectivity index (χ4v) is 3.60. The molecular formula is C13H18BrN2O3P. The maximum Gasteiger partial charge on any atom is 0.138 e. The lowest BCUT2D eigenvalue weighted by molar-refractivity contribution is 0.0283. The van der Waals surface area contributed by atoms with Crippen molar-refractivity contribution in [2.24, 2.45) is 0 Å². The summed E-state index contributed by atoms with van der Waals surface area (Å²) in [5, 5.41) is 14.6. The Bertz CT molecular complexity index is 685. The lowest BCUT2D eigenvalue weighted by Gasteiger charge is -2.18. The normalized spacial score (nSPS) is 12.9. The molecule has 2 aromatic heterocycles. The predicted molar refractivity (Wildman–Crippen MR) is 83.8 cm³/mol. The number of aliphatic hydroxyl groups is 1. The van der Waals surface area contributed by atoms with Crippen LogP contribution in [0.2, 0.25) is 0 Å². The van der Waals surface area contributed by atoms with E-state index in [2.05, 4.69) is 21.0 Å². The maximum absolute atomic E-state index is 12.2. The first-order valence-electron chi connectivity index (χ1n) is 6.15. The van der Waals surface area contributed by atoms with Crippen molar-refractivity contribution in [1.29, 1.82) is 0 Å². The van der Waals surface area contributed by atoms with Crippen LogP contribution in [0.3, 0.4) is 0 Å². The quantitative estimate of drug-likeness (QED) is 0.850. The Morgan fingerprint density at radius 1 is 1.50 bits per heavy atom. The Morgan fingerprint density at radius 2 is 2.15 bits per heavy atom. The average Bonchev–Trinajstić information content (AvgIpc) is 2.69. The van der Waals surface area contributed by atoms with Crippen LogP contribution in [0, 0.1) is 0 Å². The molecule has 1 N–H and O–H groups in total. The maximum atomic E-state index is 12.2. The van der Waals surface area contributed by atoms with Crippen molar-refractivity contribution < 1.29 is 14.4 Å². The summed E-state index contributed by atoms with van der Waals surface area (Å²) in [6, 6.07) is 1.79. The van der Waals surface area contributed by atoms with E-state index < -0.39 is 12.7 Å². The molecule has 0 aliphatic carbocycles. The van der Waals surface area contributed by atoms with E-state index in [1.807, 2.05) is 0 Å². The van der Waals surface area contributed by atoms with Gasteiger partial charge in [-0.15, -0.1) is 0 Å². The highest BCUT2D eigenvalue weighted by molar-refractivity contribution is 9.10. The van der Waals surface area contributed by atoms with Gasteiger partial charge in [0, 0.05) is 4.47 Å². The minimum absolute atomic E-state index is 0.180. The molecule has 0 aliphatic rings. The van der Waals surface area contributed by atoms with Gasteiger partial charge in [0.1, 0.15) is 19.5 Å². The monoisotopic (exact) mass is 360 g/mol. The van der Waals surface area contributed by atoms with Gasteiger partial charge in [0.2, 0.25) is 0 Å². The summed E-state index contributed by atoms with van der Waals surface area (Å²) in [6.45, 7) is 6.97. The Labute approximate surface area is 126 Å². The Morgan fingerprint density at radius 3 is 2.70 bits per heavy atom. The molecule has 0 fully saturated rings. The number of hydrogen-bond donors (Lipinski definition) is 1. The van der Waals surface area contributed by atoms with Crippen molar-refractivity contribution in [3.63, 3.8) is 0 Å². The van der Waals surface area contributed by atoms with E-state index in [1.165, 1.54) is 0 Å². The van der Waals surface area contributed by atoms with Crippen molar-refractivity contribution in [3.8, 4) is 5.75 Å². The van der Waals surface area contributed by atoms with Crippen LogP contribution in [0.25, 0.3) is 5.52 Å². The molecule has 0 saturated heterocycles. The van der Waals surface area contributed by atoms with Gasteiger partial charge < -0.3 is 14.4 Å². The standard InChI is InChI=1S/C13H18BrN2O3P/c1-13(2,17)8-19-9-5-10(14)12-11(20(3,4)18)6-15-16(12)7-9/h5-7,17H,8H2,1-4H3. The van der Waals surface area contributed by atoms with Gasteiger partial charge in [-0.2, -0.15) is 5.10 Å². The highest BCUT2D eigenvalue weighted by atomic mass is 79.9. The van der Waals surface area contributed by atoms with E-state index in [0.717, 1.165) is 15.3 Å². The molecule has 0 amide bonds. The second-order valence-electron chi connectivity index (χ2n) is 5.80. The number of pyridine rings is 1. The Balaban J connectivity index is 2.43. The first-order valence-corrected chi connectivity index (χ1v) is 9.55. The van der Waals surface area contributed by atoms with Crippen LogP contribution in [0.1, 0.15) is 13.8 Å². The van der Waals surface area contributed by atoms with Gasteiger partial charge in [-0.25, -0.2) is 4.52 Å². The summed E-state index contributed by atoms with van der Waals surface area (Å²) in [5.74, 6) is 0.586. The van der Waals surface area contributed by atoms with Crippen LogP contribution in [0.15, 0.2) is 22.9 Å². The zero-order valence-electron chi connectivity index (χ0n) is 11.9. The molecule has 2 heterocycles. The van der Waals surface area contributed by atoms with Crippen LogP contribution in [0.4, 0.5) is 0 Å². The van der Waals surface area contributed by atoms with Gasteiger partial charge in [-0.3, -0.25) is 0 Å². The fraction of sp³-hybridized carbons (Fsp3) is 0.462. The van der Waals surface area contributed by atoms with Gasteiger partial charge in [0.15, 0.2) is 0 Å². The molecule has 5 nitrogen and oxygen atoms in total. The third-order valence-corrected chi connectivity index (χ3v) is 4.79. The third-order valence-electron chi connectivity index (χ3n) is 2.69. The van der Waals surface area contributed by atoms with Crippen molar-refractivity contribution in [1.82, 2.24) is 9.61 Å². The third kappa shape index (κ3) is 3.43. The molecule has 110 valence electrons. The van der Waals surface area contributed by atoms with Gasteiger partial charge in [0.25, 0.3) is 0 Å². The van der Waals surface area contributed by atoms with E-state index >= 15 is 0 Å². The molecule has 0 aliphatic heterocycles. The number of nitrogens with zero attached hydrogens (tertiary/aromatic N) is 2. The highest BCUT2D eigenvalue weighted by Crippen LogP contribution is 2.38. The first-order chi connectivity index (χ1) is 9.08. The van der Waals surface area contributed by atoms with Gasteiger partial charge in [-0.05, 0) is 49.2 Å². The van der Waals surface area contributed by atoms with E-state index in [-0.39, 0.29) is 6.61 Å². The summed E-state index contributed by atoms with van der Waals surface area (Å²) in [7, 11) is -2.39. The topological polar surface area (TPSA) is 63.8 Å². The molecule has 0 radical (unpaired) electrons. The molecule has 7 heteroatoms. The Hall–Kier alpha value is -0.840. The zero-order valence-corrected chi connectivity index (χ0v) is 14.4. The van der Waals surface area contributed by atoms with Gasteiger partial charge in [0.05, 0.1) is 28.8 Å². The minimum Gasteiger partial charge on any atom is -0.489 e. The number of ether oxygens (including phenoxy) is 1. The number of rotatable bonds is 4. The summed E-state index contributed by atoms with van der Waals surface area (Å²) in [6.07, 6.45) is 3.34. The molecule has 0 spiro atoms. The van der Waals surface area contributed by atoms with Crippen LogP contribution in [-0.4, -0.2) is 40.3 Å². The number of fused-ring (bicyclic) bond motifs is 1.